The number of aryl methyl sites for hydroxylation is 3. The molecule has 0 aliphatic rings. The summed E-state index contributed by atoms with van der Waals surface area (Å²) in [6.07, 6.45) is -4.75. The highest BCUT2D eigenvalue weighted by Crippen LogP contribution is 2.35. The number of ether oxygens (including phenoxy) is 1. The highest BCUT2D eigenvalue weighted by atomic mass is 19.4. The van der Waals surface area contributed by atoms with Gasteiger partial charge in [0.1, 0.15) is 11.7 Å². The van der Waals surface area contributed by atoms with Gasteiger partial charge in [0.2, 0.25) is 5.78 Å². The predicted octanol–water partition coefficient (Wildman–Crippen LogP) is 4.77. The SMILES string of the molecule is Cc1cc(C)c(C(=O)COC(=O)[C@H](C)Nc2ccc(C(F)(F)F)cc2[N+](=O)[O-])c(C)c1. The van der Waals surface area contributed by atoms with Gasteiger partial charge in [-0.15, -0.1) is 0 Å². The Labute approximate surface area is 176 Å². The van der Waals surface area contributed by atoms with Crippen molar-refractivity contribution in [3.05, 3.63) is 68.3 Å². The molecular formula is C21H21F3N2O5. The molecule has 31 heavy (non-hydrogen) atoms. The van der Waals surface area contributed by atoms with Crippen LogP contribution in [0.25, 0.3) is 0 Å². The van der Waals surface area contributed by atoms with Crippen molar-refractivity contribution in [2.45, 2.75) is 39.9 Å². The number of esters is 1. The number of anilines is 1. The molecule has 0 amide bonds. The van der Waals surface area contributed by atoms with Crippen LogP contribution in [0.5, 0.6) is 0 Å². The summed E-state index contributed by atoms with van der Waals surface area (Å²) in [5, 5.41) is 13.6. The Morgan fingerprint density at radius 2 is 1.71 bits per heavy atom. The Morgan fingerprint density at radius 3 is 2.23 bits per heavy atom. The van der Waals surface area contributed by atoms with E-state index in [2.05, 4.69) is 5.32 Å². The monoisotopic (exact) mass is 438 g/mol. The van der Waals surface area contributed by atoms with Gasteiger partial charge in [-0.25, -0.2) is 4.79 Å². The number of rotatable bonds is 7. The van der Waals surface area contributed by atoms with Crippen LogP contribution in [0.4, 0.5) is 24.5 Å². The summed E-state index contributed by atoms with van der Waals surface area (Å²) in [5.41, 5.74) is 0.608. The summed E-state index contributed by atoms with van der Waals surface area (Å²) in [7, 11) is 0. The van der Waals surface area contributed by atoms with Crippen molar-refractivity contribution in [2.24, 2.45) is 0 Å². The van der Waals surface area contributed by atoms with Gasteiger partial charge in [0.05, 0.1) is 10.5 Å². The lowest BCUT2D eigenvalue weighted by Gasteiger charge is -2.16. The van der Waals surface area contributed by atoms with E-state index in [9.17, 15) is 32.9 Å². The lowest BCUT2D eigenvalue weighted by molar-refractivity contribution is -0.384. The van der Waals surface area contributed by atoms with E-state index in [1.54, 1.807) is 13.8 Å². The van der Waals surface area contributed by atoms with Gasteiger partial charge in [-0.05, 0) is 51.0 Å². The fraction of sp³-hybridized carbons (Fsp3) is 0.333. The second-order valence-electron chi connectivity index (χ2n) is 7.16. The molecule has 0 saturated heterocycles. The third kappa shape index (κ3) is 5.80. The number of nitrogens with one attached hydrogen (secondary N) is 1. The van der Waals surface area contributed by atoms with Gasteiger partial charge in [-0.2, -0.15) is 13.2 Å². The van der Waals surface area contributed by atoms with E-state index >= 15 is 0 Å². The van der Waals surface area contributed by atoms with E-state index in [0.29, 0.717) is 17.7 Å². The largest absolute Gasteiger partial charge is 0.456 e. The minimum atomic E-state index is -4.75. The maximum atomic E-state index is 12.8. The molecule has 166 valence electrons. The molecule has 0 saturated carbocycles. The smallest absolute Gasteiger partial charge is 0.416 e. The average molecular weight is 438 g/mol. The van der Waals surface area contributed by atoms with Crippen LogP contribution in [0.15, 0.2) is 30.3 Å². The van der Waals surface area contributed by atoms with Crippen LogP contribution in [0.3, 0.4) is 0 Å². The molecule has 10 heteroatoms. The van der Waals surface area contributed by atoms with Crippen molar-refractivity contribution in [3.8, 4) is 0 Å². The number of carbonyl (C=O) groups excluding carboxylic acids is 2. The number of benzene rings is 2. The Balaban J connectivity index is 2.10. The minimum absolute atomic E-state index is 0.279. The van der Waals surface area contributed by atoms with E-state index in [-0.39, 0.29) is 5.69 Å². The van der Waals surface area contributed by atoms with E-state index in [1.165, 1.54) is 6.92 Å². The van der Waals surface area contributed by atoms with E-state index in [0.717, 1.165) is 22.8 Å². The van der Waals surface area contributed by atoms with Gasteiger partial charge in [0, 0.05) is 11.6 Å². The zero-order valence-electron chi connectivity index (χ0n) is 17.3. The van der Waals surface area contributed by atoms with Crippen LogP contribution in [0.2, 0.25) is 0 Å². The molecule has 0 aliphatic heterocycles. The number of nitrogens with zero attached hydrogens (tertiary/aromatic N) is 1. The van der Waals surface area contributed by atoms with Crippen LogP contribution in [-0.4, -0.2) is 29.3 Å². The number of hydrogen-bond donors (Lipinski definition) is 1. The van der Waals surface area contributed by atoms with Crippen molar-refractivity contribution in [2.75, 3.05) is 11.9 Å². The first-order chi connectivity index (χ1) is 14.3. The molecular weight excluding hydrogens is 417 g/mol. The Bertz CT molecular complexity index is 1010. The topological polar surface area (TPSA) is 98.5 Å². The molecule has 0 spiro atoms. The van der Waals surface area contributed by atoms with Crippen LogP contribution in [0.1, 0.15) is 39.5 Å². The van der Waals surface area contributed by atoms with Crippen molar-refractivity contribution >= 4 is 23.1 Å². The number of ketones is 1. The molecule has 2 rings (SSSR count). The summed E-state index contributed by atoms with van der Waals surface area (Å²) >= 11 is 0. The fourth-order valence-electron chi connectivity index (χ4n) is 3.23. The second-order valence-corrected chi connectivity index (χ2v) is 7.16. The van der Waals surface area contributed by atoms with E-state index in [1.807, 2.05) is 19.1 Å². The van der Waals surface area contributed by atoms with Gasteiger partial charge in [-0.3, -0.25) is 14.9 Å². The van der Waals surface area contributed by atoms with Crippen molar-refractivity contribution in [1.29, 1.82) is 0 Å². The highest BCUT2D eigenvalue weighted by Gasteiger charge is 2.33. The number of carbonyl (C=O) groups is 2. The van der Waals surface area contributed by atoms with Gasteiger partial charge in [-0.1, -0.05) is 17.7 Å². The van der Waals surface area contributed by atoms with Gasteiger partial charge in [0.25, 0.3) is 5.69 Å². The molecule has 7 nitrogen and oxygen atoms in total. The molecule has 0 aliphatic carbocycles. The number of hydrogen-bond acceptors (Lipinski definition) is 6. The third-order valence-electron chi connectivity index (χ3n) is 4.55. The van der Waals surface area contributed by atoms with Crippen molar-refractivity contribution in [3.63, 3.8) is 0 Å². The summed E-state index contributed by atoms with van der Waals surface area (Å²) in [6.45, 7) is 6.20. The molecule has 0 unspecified atom stereocenters. The average Bonchev–Trinajstić information content (AvgIpc) is 2.64. The van der Waals surface area contributed by atoms with E-state index in [4.69, 9.17) is 4.74 Å². The third-order valence-corrected chi connectivity index (χ3v) is 4.55. The van der Waals surface area contributed by atoms with Crippen LogP contribution >= 0.6 is 0 Å². The Morgan fingerprint density at radius 1 is 1.13 bits per heavy atom. The Hall–Kier alpha value is -3.43. The molecule has 1 N–H and O–H groups in total. The van der Waals surface area contributed by atoms with Crippen LogP contribution in [0, 0.1) is 30.9 Å². The summed E-state index contributed by atoms with van der Waals surface area (Å²) in [6, 6.07) is 4.43. The van der Waals surface area contributed by atoms with Crippen LogP contribution < -0.4 is 5.32 Å². The maximum absolute atomic E-state index is 12.8. The first-order valence-corrected chi connectivity index (χ1v) is 9.21. The van der Waals surface area contributed by atoms with Crippen molar-refractivity contribution < 1.29 is 32.4 Å². The summed E-state index contributed by atoms with van der Waals surface area (Å²) in [5.74, 6) is -1.29. The fourth-order valence-corrected chi connectivity index (χ4v) is 3.23. The van der Waals surface area contributed by atoms with Gasteiger partial charge < -0.3 is 10.1 Å². The zero-order valence-corrected chi connectivity index (χ0v) is 17.3. The quantitative estimate of drug-likeness (QED) is 0.290. The normalized spacial score (nSPS) is 12.2. The number of alkyl halides is 3. The summed E-state index contributed by atoms with van der Waals surface area (Å²) in [4.78, 5) is 34.9. The zero-order chi connectivity index (χ0) is 23.5. The maximum Gasteiger partial charge on any atom is 0.416 e. The molecule has 0 fully saturated rings. The standard InChI is InChI=1S/C21H21F3N2O5/c1-11-7-12(2)19(13(3)8-11)18(27)10-31-20(28)14(4)25-16-6-5-15(21(22,23)24)9-17(16)26(29)30/h5-9,14,25H,10H2,1-4H3/t14-/m0/s1. The predicted molar refractivity (Wildman–Crippen MR) is 107 cm³/mol. The molecule has 2 aromatic rings. The van der Waals surface area contributed by atoms with Gasteiger partial charge in [0.15, 0.2) is 6.61 Å². The lowest BCUT2D eigenvalue weighted by atomic mass is 9.97. The Kier molecular flexibility index (Phi) is 7.04. The molecule has 0 heterocycles. The molecule has 0 bridgehead atoms. The number of nitro benzene ring substituents is 1. The molecule has 1 atom stereocenters. The minimum Gasteiger partial charge on any atom is -0.456 e. The number of halogens is 3. The van der Waals surface area contributed by atoms with Gasteiger partial charge >= 0.3 is 12.1 Å². The molecule has 2 aromatic carbocycles. The summed E-state index contributed by atoms with van der Waals surface area (Å²) < 4.78 is 43.4. The van der Waals surface area contributed by atoms with E-state index < -0.39 is 46.8 Å². The van der Waals surface area contributed by atoms with Crippen molar-refractivity contribution in [1.82, 2.24) is 0 Å². The first kappa shape index (κ1) is 23.8. The number of Topliss-reactive ketones (excluding diaryl/α,β-unsaturated/α-hetero) is 1. The second kappa shape index (κ2) is 9.15. The molecule has 0 aromatic heterocycles. The lowest BCUT2D eigenvalue weighted by Crippen LogP contribution is -2.30. The first-order valence-electron chi connectivity index (χ1n) is 9.21. The molecule has 0 radical (unpaired) electrons. The highest BCUT2D eigenvalue weighted by molar-refractivity contribution is 6.00. The number of nitro groups is 1. The van der Waals surface area contributed by atoms with Crippen LogP contribution in [-0.2, 0) is 15.7 Å².